The van der Waals surface area contributed by atoms with Crippen LogP contribution in [0.5, 0.6) is 0 Å². The highest BCUT2D eigenvalue weighted by atomic mass is 32.1. The maximum absolute atomic E-state index is 9.03. The van der Waals surface area contributed by atoms with Gasteiger partial charge < -0.3 is 10.0 Å². The normalized spacial score (nSPS) is 17.1. The Labute approximate surface area is 94.1 Å². The van der Waals surface area contributed by atoms with Crippen molar-refractivity contribution in [1.82, 2.24) is 4.90 Å². The Morgan fingerprint density at radius 3 is 2.14 bits per heavy atom. The summed E-state index contributed by atoms with van der Waals surface area (Å²) in [5, 5.41) is 9.03. The summed E-state index contributed by atoms with van der Waals surface area (Å²) in [5.74, 6) is 1.45. The van der Waals surface area contributed by atoms with Gasteiger partial charge in [0.15, 0.2) is 0 Å². The number of rotatable bonds is 5. The number of thiol groups is 1. The molecule has 0 amide bonds. The lowest BCUT2D eigenvalue weighted by Gasteiger charge is -2.35. The van der Waals surface area contributed by atoms with Gasteiger partial charge in [-0.1, -0.05) is 20.8 Å². The van der Waals surface area contributed by atoms with Crippen molar-refractivity contribution in [1.29, 1.82) is 0 Å². The van der Waals surface area contributed by atoms with E-state index in [4.69, 9.17) is 5.11 Å². The van der Waals surface area contributed by atoms with Crippen molar-refractivity contribution in [2.75, 3.05) is 26.0 Å². The molecule has 2 atom stereocenters. The van der Waals surface area contributed by atoms with E-state index >= 15 is 0 Å². The maximum Gasteiger partial charge on any atom is 0.0584 e. The van der Waals surface area contributed by atoms with Gasteiger partial charge in [-0.15, -0.1) is 0 Å². The summed E-state index contributed by atoms with van der Waals surface area (Å²) in [7, 11) is 2.06. The second kappa shape index (κ2) is 5.99. The molecule has 0 rings (SSSR count). The fraction of sp³-hybridized carbons (Fsp3) is 1.00. The van der Waals surface area contributed by atoms with Crippen molar-refractivity contribution >= 4 is 12.6 Å². The van der Waals surface area contributed by atoms with Crippen LogP contribution in [0.25, 0.3) is 0 Å². The zero-order valence-corrected chi connectivity index (χ0v) is 11.0. The third-order valence-corrected chi connectivity index (χ3v) is 3.41. The number of hydrogen-bond acceptors (Lipinski definition) is 3. The quantitative estimate of drug-likeness (QED) is 0.690. The van der Waals surface area contributed by atoms with Crippen LogP contribution in [-0.2, 0) is 0 Å². The zero-order valence-electron chi connectivity index (χ0n) is 10.1. The lowest BCUT2D eigenvalue weighted by atomic mass is 9.81. The first-order valence-corrected chi connectivity index (χ1v) is 5.88. The summed E-state index contributed by atoms with van der Waals surface area (Å²) in [4.78, 5) is 2.20. The van der Waals surface area contributed by atoms with Crippen LogP contribution in [0.1, 0.15) is 27.7 Å². The van der Waals surface area contributed by atoms with Gasteiger partial charge in [0.2, 0.25) is 0 Å². The summed E-state index contributed by atoms with van der Waals surface area (Å²) in [6.45, 7) is 9.98. The topological polar surface area (TPSA) is 23.5 Å². The van der Waals surface area contributed by atoms with E-state index in [1.165, 1.54) is 0 Å². The van der Waals surface area contributed by atoms with Gasteiger partial charge in [-0.05, 0) is 31.1 Å². The molecule has 2 nitrogen and oxygen atoms in total. The number of hydrogen-bond donors (Lipinski definition) is 2. The van der Waals surface area contributed by atoms with Crippen LogP contribution in [0.4, 0.5) is 0 Å². The largest absolute Gasteiger partial charge is 0.395 e. The van der Waals surface area contributed by atoms with Crippen LogP contribution in [0.2, 0.25) is 0 Å². The second-order valence-electron chi connectivity index (χ2n) is 5.22. The molecule has 0 bridgehead atoms. The molecule has 0 saturated carbocycles. The molecular formula is C11H25NOS. The molecule has 0 aliphatic heterocycles. The SMILES string of the molecule is CC(CO)N(C)CC(CS)C(C)(C)C. The number of likely N-dealkylation sites (N-methyl/N-ethyl adjacent to an activating group) is 1. The van der Waals surface area contributed by atoms with Crippen LogP contribution < -0.4 is 0 Å². The number of aliphatic hydroxyl groups is 1. The Morgan fingerprint density at radius 2 is 1.86 bits per heavy atom. The minimum Gasteiger partial charge on any atom is -0.395 e. The maximum atomic E-state index is 9.03. The summed E-state index contributed by atoms with van der Waals surface area (Å²) in [5.41, 5.74) is 0.283. The Kier molecular flexibility index (Phi) is 6.10. The molecule has 0 radical (unpaired) electrons. The summed E-state index contributed by atoms with van der Waals surface area (Å²) in [6, 6.07) is 0.236. The predicted octanol–water partition coefficient (Wildman–Crippen LogP) is 1.89. The van der Waals surface area contributed by atoms with Gasteiger partial charge in [0, 0.05) is 12.6 Å². The molecule has 86 valence electrons. The standard InChI is InChI=1S/C11H25NOS/c1-9(7-13)12(5)6-10(8-14)11(2,3)4/h9-10,13-14H,6-8H2,1-5H3. The molecule has 2 unspecified atom stereocenters. The van der Waals surface area contributed by atoms with E-state index in [0.717, 1.165) is 12.3 Å². The molecule has 0 aliphatic carbocycles. The van der Waals surface area contributed by atoms with E-state index in [-0.39, 0.29) is 18.1 Å². The summed E-state index contributed by atoms with van der Waals surface area (Å²) >= 11 is 4.39. The highest BCUT2D eigenvalue weighted by molar-refractivity contribution is 7.80. The average molecular weight is 219 g/mol. The molecular weight excluding hydrogens is 194 g/mol. The summed E-state index contributed by atoms with van der Waals surface area (Å²) < 4.78 is 0. The van der Waals surface area contributed by atoms with Crippen molar-refractivity contribution in [3.8, 4) is 0 Å². The van der Waals surface area contributed by atoms with Crippen LogP contribution in [0.3, 0.4) is 0 Å². The van der Waals surface area contributed by atoms with Crippen molar-refractivity contribution in [2.45, 2.75) is 33.7 Å². The third kappa shape index (κ3) is 4.67. The Bertz CT molecular complexity index is 156. The van der Waals surface area contributed by atoms with Gasteiger partial charge in [0.25, 0.3) is 0 Å². The van der Waals surface area contributed by atoms with Crippen molar-refractivity contribution < 1.29 is 5.11 Å². The highest BCUT2D eigenvalue weighted by Gasteiger charge is 2.25. The van der Waals surface area contributed by atoms with E-state index in [2.05, 4.69) is 45.3 Å². The molecule has 0 aliphatic rings. The van der Waals surface area contributed by atoms with E-state index in [1.807, 2.05) is 6.92 Å². The highest BCUT2D eigenvalue weighted by Crippen LogP contribution is 2.27. The summed E-state index contributed by atoms with van der Waals surface area (Å²) in [6.07, 6.45) is 0. The van der Waals surface area contributed by atoms with Crippen LogP contribution >= 0.6 is 12.6 Å². The molecule has 0 spiro atoms. The Balaban J connectivity index is 4.19. The third-order valence-electron chi connectivity index (χ3n) is 2.97. The van der Waals surface area contributed by atoms with Gasteiger partial charge in [-0.25, -0.2) is 0 Å². The Morgan fingerprint density at radius 1 is 1.36 bits per heavy atom. The predicted molar refractivity (Wildman–Crippen MR) is 66.0 cm³/mol. The first-order valence-electron chi connectivity index (χ1n) is 5.24. The van der Waals surface area contributed by atoms with E-state index in [9.17, 15) is 0 Å². The lowest BCUT2D eigenvalue weighted by molar-refractivity contribution is 0.117. The van der Waals surface area contributed by atoms with Gasteiger partial charge in [0.05, 0.1) is 6.61 Å². The first-order chi connectivity index (χ1) is 6.32. The fourth-order valence-corrected chi connectivity index (χ4v) is 1.94. The minimum atomic E-state index is 0.222. The van der Waals surface area contributed by atoms with Gasteiger partial charge in [0.1, 0.15) is 0 Å². The van der Waals surface area contributed by atoms with Crippen molar-refractivity contribution in [3.63, 3.8) is 0 Å². The molecule has 0 saturated heterocycles. The molecule has 0 aromatic rings. The molecule has 0 aromatic heterocycles. The van der Waals surface area contributed by atoms with Crippen LogP contribution in [0.15, 0.2) is 0 Å². The van der Waals surface area contributed by atoms with E-state index < -0.39 is 0 Å². The molecule has 0 heterocycles. The molecule has 0 aromatic carbocycles. The first kappa shape index (κ1) is 14.3. The van der Waals surface area contributed by atoms with Crippen molar-refractivity contribution in [3.05, 3.63) is 0 Å². The number of nitrogens with zero attached hydrogens (tertiary/aromatic N) is 1. The van der Waals surface area contributed by atoms with Crippen LogP contribution in [0, 0.1) is 11.3 Å². The van der Waals surface area contributed by atoms with E-state index in [0.29, 0.717) is 5.92 Å². The molecule has 3 heteroatoms. The molecule has 14 heavy (non-hydrogen) atoms. The van der Waals surface area contributed by atoms with Gasteiger partial charge >= 0.3 is 0 Å². The van der Waals surface area contributed by atoms with Crippen LogP contribution in [-0.4, -0.2) is 42.0 Å². The zero-order chi connectivity index (χ0) is 11.4. The number of aliphatic hydroxyl groups excluding tert-OH is 1. The molecule has 0 fully saturated rings. The minimum absolute atomic E-state index is 0.222. The van der Waals surface area contributed by atoms with Gasteiger partial charge in [-0.3, -0.25) is 0 Å². The fourth-order valence-electron chi connectivity index (χ4n) is 1.27. The Hall–Kier alpha value is 0.270. The average Bonchev–Trinajstić information content (AvgIpc) is 2.10. The smallest absolute Gasteiger partial charge is 0.0584 e. The molecule has 1 N–H and O–H groups in total. The lowest BCUT2D eigenvalue weighted by Crippen LogP contribution is -2.40. The van der Waals surface area contributed by atoms with E-state index in [1.54, 1.807) is 0 Å². The monoisotopic (exact) mass is 219 g/mol. The second-order valence-corrected chi connectivity index (χ2v) is 5.58. The van der Waals surface area contributed by atoms with Crippen molar-refractivity contribution in [2.24, 2.45) is 11.3 Å². The van der Waals surface area contributed by atoms with Gasteiger partial charge in [-0.2, -0.15) is 12.6 Å².